The molecule has 0 heterocycles. The first-order chi connectivity index (χ1) is 5.07. The van der Waals surface area contributed by atoms with Crippen LogP contribution in [0.3, 0.4) is 0 Å². The molecule has 0 aromatic carbocycles. The Hall–Kier alpha value is -1.08. The molecular formula is C7H10FNO2. The Morgan fingerprint density at radius 2 is 2.36 bits per heavy atom. The third-order valence-corrected chi connectivity index (χ3v) is 1.07. The van der Waals surface area contributed by atoms with Gasteiger partial charge in [-0.25, -0.2) is 4.39 Å². The molecule has 0 saturated carbocycles. The van der Waals surface area contributed by atoms with E-state index in [2.05, 4.69) is 11.8 Å². The molecule has 2 atom stereocenters. The molecule has 11 heavy (non-hydrogen) atoms. The SMILES string of the molecule is CC#C[C@@H](F)[C@H](N)CC(=O)O. The highest BCUT2D eigenvalue weighted by Crippen LogP contribution is 1.99. The molecule has 0 aliphatic rings. The highest BCUT2D eigenvalue weighted by Gasteiger charge is 2.16. The van der Waals surface area contributed by atoms with E-state index in [9.17, 15) is 9.18 Å². The number of rotatable bonds is 3. The summed E-state index contributed by atoms with van der Waals surface area (Å²) in [7, 11) is 0. The molecular weight excluding hydrogens is 149 g/mol. The van der Waals surface area contributed by atoms with Gasteiger partial charge in [0.1, 0.15) is 0 Å². The summed E-state index contributed by atoms with van der Waals surface area (Å²) >= 11 is 0. The van der Waals surface area contributed by atoms with Crippen molar-refractivity contribution in [1.29, 1.82) is 0 Å². The lowest BCUT2D eigenvalue weighted by molar-refractivity contribution is -0.137. The predicted octanol–water partition coefficient (Wildman–Crippen LogP) is 0.150. The molecule has 0 bridgehead atoms. The van der Waals surface area contributed by atoms with Crippen molar-refractivity contribution in [3.8, 4) is 11.8 Å². The van der Waals surface area contributed by atoms with Crippen molar-refractivity contribution in [1.82, 2.24) is 0 Å². The van der Waals surface area contributed by atoms with Crippen molar-refractivity contribution < 1.29 is 14.3 Å². The minimum Gasteiger partial charge on any atom is -0.481 e. The van der Waals surface area contributed by atoms with Crippen LogP contribution in [-0.2, 0) is 4.79 Å². The molecule has 0 rings (SSSR count). The number of carboxylic acid groups (broad SMARTS) is 1. The van der Waals surface area contributed by atoms with Gasteiger partial charge in [0, 0.05) is 0 Å². The van der Waals surface area contributed by atoms with Crippen molar-refractivity contribution in [2.75, 3.05) is 0 Å². The lowest BCUT2D eigenvalue weighted by Crippen LogP contribution is -2.33. The van der Waals surface area contributed by atoms with Gasteiger partial charge in [-0.05, 0) is 6.92 Å². The summed E-state index contributed by atoms with van der Waals surface area (Å²) in [6, 6.07) is -1.03. The van der Waals surface area contributed by atoms with Crippen LogP contribution in [0.15, 0.2) is 0 Å². The Bertz CT molecular complexity index is 194. The lowest BCUT2D eigenvalue weighted by atomic mass is 10.1. The van der Waals surface area contributed by atoms with E-state index in [-0.39, 0.29) is 0 Å². The minimum atomic E-state index is -1.55. The standard InChI is InChI=1S/C7H10FNO2/c1-2-3-5(8)6(9)4-7(10)11/h5-6H,4,9H2,1H3,(H,10,11)/t5-,6-/m1/s1. The van der Waals surface area contributed by atoms with E-state index in [1.54, 1.807) is 0 Å². The fraction of sp³-hybridized carbons (Fsp3) is 0.571. The van der Waals surface area contributed by atoms with Gasteiger partial charge in [-0.15, -0.1) is 5.92 Å². The van der Waals surface area contributed by atoms with Crippen LogP contribution in [0.4, 0.5) is 4.39 Å². The van der Waals surface area contributed by atoms with Crippen LogP contribution in [0.1, 0.15) is 13.3 Å². The number of carbonyl (C=O) groups is 1. The third kappa shape index (κ3) is 4.34. The average molecular weight is 159 g/mol. The van der Waals surface area contributed by atoms with E-state index in [0.717, 1.165) is 0 Å². The average Bonchev–Trinajstić information content (AvgIpc) is 1.86. The maximum atomic E-state index is 12.6. The normalized spacial score (nSPS) is 14.5. The van der Waals surface area contributed by atoms with E-state index in [1.807, 2.05) is 0 Å². The number of nitrogens with two attached hydrogens (primary N) is 1. The van der Waals surface area contributed by atoms with Crippen molar-refractivity contribution in [2.24, 2.45) is 5.73 Å². The summed E-state index contributed by atoms with van der Waals surface area (Å²) in [6.45, 7) is 1.47. The molecule has 3 N–H and O–H groups in total. The van der Waals surface area contributed by atoms with Crippen molar-refractivity contribution in [2.45, 2.75) is 25.6 Å². The number of hydrogen-bond donors (Lipinski definition) is 2. The minimum absolute atomic E-state index is 0.393. The van der Waals surface area contributed by atoms with E-state index < -0.39 is 24.6 Å². The first-order valence-electron chi connectivity index (χ1n) is 3.11. The number of hydrogen-bond acceptors (Lipinski definition) is 2. The second kappa shape index (κ2) is 4.69. The van der Waals surface area contributed by atoms with Crippen LogP contribution in [0.25, 0.3) is 0 Å². The van der Waals surface area contributed by atoms with Gasteiger partial charge >= 0.3 is 5.97 Å². The summed E-state index contributed by atoms with van der Waals surface area (Å²) in [6.07, 6.45) is -1.94. The Balaban J connectivity index is 3.88. The lowest BCUT2D eigenvalue weighted by Gasteiger charge is -2.07. The molecule has 0 aliphatic heterocycles. The smallest absolute Gasteiger partial charge is 0.305 e. The fourth-order valence-corrected chi connectivity index (χ4v) is 0.550. The monoisotopic (exact) mass is 159 g/mol. The van der Waals surface area contributed by atoms with Gasteiger partial charge in [-0.1, -0.05) is 5.92 Å². The van der Waals surface area contributed by atoms with E-state index in [0.29, 0.717) is 0 Å². The van der Waals surface area contributed by atoms with Crippen LogP contribution in [0.2, 0.25) is 0 Å². The highest BCUT2D eigenvalue weighted by molar-refractivity contribution is 5.67. The second-order valence-corrected chi connectivity index (χ2v) is 2.06. The molecule has 0 spiro atoms. The zero-order valence-electron chi connectivity index (χ0n) is 6.17. The van der Waals surface area contributed by atoms with Gasteiger partial charge in [0.25, 0.3) is 0 Å². The molecule has 0 aliphatic carbocycles. The van der Waals surface area contributed by atoms with Gasteiger partial charge in [-0.2, -0.15) is 0 Å². The number of alkyl halides is 1. The van der Waals surface area contributed by atoms with Crippen molar-refractivity contribution >= 4 is 5.97 Å². The third-order valence-electron chi connectivity index (χ3n) is 1.07. The first kappa shape index (κ1) is 9.92. The number of carboxylic acids is 1. The largest absolute Gasteiger partial charge is 0.481 e. The van der Waals surface area contributed by atoms with Crippen LogP contribution in [0, 0.1) is 11.8 Å². The second-order valence-electron chi connectivity index (χ2n) is 2.06. The molecule has 0 saturated heterocycles. The van der Waals surface area contributed by atoms with E-state index >= 15 is 0 Å². The maximum Gasteiger partial charge on any atom is 0.305 e. The van der Waals surface area contributed by atoms with Gasteiger partial charge in [0.15, 0.2) is 6.17 Å². The van der Waals surface area contributed by atoms with E-state index in [1.165, 1.54) is 6.92 Å². The molecule has 0 aromatic rings. The first-order valence-corrected chi connectivity index (χ1v) is 3.11. The molecule has 0 aromatic heterocycles. The zero-order valence-corrected chi connectivity index (χ0v) is 6.17. The molecule has 4 heteroatoms. The summed E-state index contributed by atoms with van der Waals surface area (Å²) in [5.41, 5.74) is 5.15. The van der Waals surface area contributed by atoms with Crippen LogP contribution >= 0.6 is 0 Å². The fourth-order valence-electron chi connectivity index (χ4n) is 0.550. The van der Waals surface area contributed by atoms with Crippen molar-refractivity contribution in [3.05, 3.63) is 0 Å². The summed E-state index contributed by atoms with van der Waals surface area (Å²) in [5.74, 6) is 3.36. The van der Waals surface area contributed by atoms with Crippen molar-refractivity contribution in [3.63, 3.8) is 0 Å². The van der Waals surface area contributed by atoms with Gasteiger partial charge in [0.05, 0.1) is 12.5 Å². The van der Waals surface area contributed by atoms with Gasteiger partial charge < -0.3 is 10.8 Å². The summed E-state index contributed by atoms with van der Waals surface area (Å²) in [4.78, 5) is 10.0. The Morgan fingerprint density at radius 1 is 1.82 bits per heavy atom. The maximum absolute atomic E-state index is 12.6. The molecule has 62 valence electrons. The van der Waals surface area contributed by atoms with Gasteiger partial charge in [-0.3, -0.25) is 4.79 Å². The summed E-state index contributed by atoms with van der Waals surface area (Å²) < 4.78 is 12.6. The predicted molar refractivity (Wildman–Crippen MR) is 38.6 cm³/mol. The molecule has 0 fully saturated rings. The molecule has 3 nitrogen and oxygen atoms in total. The van der Waals surface area contributed by atoms with Crippen LogP contribution in [-0.4, -0.2) is 23.3 Å². The molecule has 0 unspecified atom stereocenters. The van der Waals surface area contributed by atoms with Crippen LogP contribution < -0.4 is 5.73 Å². The zero-order chi connectivity index (χ0) is 8.85. The Morgan fingerprint density at radius 3 is 2.73 bits per heavy atom. The molecule has 0 amide bonds. The Labute approximate surface area is 64.4 Å². The topological polar surface area (TPSA) is 63.3 Å². The number of halogens is 1. The molecule has 0 radical (unpaired) electrons. The highest BCUT2D eigenvalue weighted by atomic mass is 19.1. The Kier molecular flexibility index (Phi) is 4.23. The quantitative estimate of drug-likeness (QED) is 0.576. The van der Waals surface area contributed by atoms with Crippen LogP contribution in [0.5, 0.6) is 0 Å². The number of aliphatic carboxylic acids is 1. The summed E-state index contributed by atoms with van der Waals surface area (Å²) in [5, 5.41) is 8.21. The van der Waals surface area contributed by atoms with E-state index in [4.69, 9.17) is 10.8 Å². The van der Waals surface area contributed by atoms with Gasteiger partial charge in [0.2, 0.25) is 0 Å².